The molecule has 0 saturated carbocycles. The summed E-state index contributed by atoms with van der Waals surface area (Å²) < 4.78 is 3.84. The van der Waals surface area contributed by atoms with Gasteiger partial charge < -0.3 is 10.3 Å². The lowest BCUT2D eigenvalue weighted by Gasteiger charge is -2.06. The van der Waals surface area contributed by atoms with Crippen molar-refractivity contribution in [1.29, 1.82) is 0 Å². The van der Waals surface area contributed by atoms with Gasteiger partial charge in [0.2, 0.25) is 5.91 Å². The summed E-state index contributed by atoms with van der Waals surface area (Å²) in [6.45, 7) is 0. The molecule has 6 heteroatoms. The molecular weight excluding hydrogens is 302 g/mol. The number of carbonyl (C=O) groups excluding carboxylic acids is 1. The molecule has 118 valence electrons. The summed E-state index contributed by atoms with van der Waals surface area (Å²) in [5, 5.41) is 1.87. The number of hydrogen-bond acceptors (Lipinski definition) is 4. The van der Waals surface area contributed by atoms with Gasteiger partial charge in [0, 0.05) is 30.1 Å². The zero-order valence-corrected chi connectivity index (χ0v) is 13.2. The second kappa shape index (κ2) is 4.44. The Morgan fingerprint density at radius 2 is 2.00 bits per heavy atom. The summed E-state index contributed by atoms with van der Waals surface area (Å²) in [7, 11) is 1.97. The number of benzene rings is 1. The van der Waals surface area contributed by atoms with Gasteiger partial charge in [-0.2, -0.15) is 0 Å². The highest BCUT2D eigenvalue weighted by Gasteiger charge is 2.28. The van der Waals surface area contributed by atoms with E-state index in [-0.39, 0.29) is 5.91 Å². The predicted molar refractivity (Wildman–Crippen MR) is 92.8 cm³/mol. The van der Waals surface area contributed by atoms with Crippen LogP contribution in [0.15, 0.2) is 36.7 Å². The van der Waals surface area contributed by atoms with E-state index in [1.54, 1.807) is 0 Å². The highest BCUT2D eigenvalue weighted by Crippen LogP contribution is 2.41. The van der Waals surface area contributed by atoms with Gasteiger partial charge in [0.1, 0.15) is 17.8 Å². The average molecular weight is 317 g/mol. The van der Waals surface area contributed by atoms with Crippen LogP contribution >= 0.6 is 0 Å². The van der Waals surface area contributed by atoms with Crippen molar-refractivity contribution in [3.8, 4) is 11.3 Å². The Kier molecular flexibility index (Phi) is 2.46. The Morgan fingerprint density at radius 3 is 2.88 bits per heavy atom. The van der Waals surface area contributed by atoms with Crippen LogP contribution in [0.4, 0.5) is 5.82 Å². The van der Waals surface area contributed by atoms with Crippen molar-refractivity contribution in [1.82, 2.24) is 19.1 Å². The topological polar surface area (TPSA) is 78.7 Å². The average Bonchev–Trinajstić information content (AvgIpc) is 3.05. The van der Waals surface area contributed by atoms with Gasteiger partial charge >= 0.3 is 0 Å². The van der Waals surface area contributed by atoms with Crippen LogP contribution < -0.4 is 5.73 Å². The van der Waals surface area contributed by atoms with E-state index in [9.17, 15) is 4.79 Å². The fourth-order valence-corrected chi connectivity index (χ4v) is 3.84. The molecule has 0 atom stereocenters. The van der Waals surface area contributed by atoms with Gasteiger partial charge in [-0.05, 0) is 18.6 Å². The van der Waals surface area contributed by atoms with Gasteiger partial charge in [0.15, 0.2) is 0 Å². The van der Waals surface area contributed by atoms with Crippen molar-refractivity contribution in [2.24, 2.45) is 7.05 Å². The third-order valence-electron chi connectivity index (χ3n) is 4.91. The van der Waals surface area contributed by atoms with Crippen LogP contribution in [-0.2, 0) is 13.5 Å². The van der Waals surface area contributed by atoms with Gasteiger partial charge in [-0.1, -0.05) is 18.2 Å². The Balaban J connectivity index is 2.02. The summed E-state index contributed by atoms with van der Waals surface area (Å²) in [5.74, 6) is 0.550. The van der Waals surface area contributed by atoms with Crippen LogP contribution in [0, 0.1) is 0 Å². The molecular formula is C18H15N5O. The molecule has 0 aliphatic carbocycles. The van der Waals surface area contributed by atoms with E-state index in [0.29, 0.717) is 18.7 Å². The number of hydrogen-bond donors (Lipinski definition) is 1. The van der Waals surface area contributed by atoms with E-state index in [1.807, 2.05) is 40.4 Å². The van der Waals surface area contributed by atoms with Crippen LogP contribution in [-0.4, -0.2) is 25.0 Å². The molecule has 0 bridgehead atoms. The molecule has 3 aromatic heterocycles. The molecule has 5 rings (SSSR count). The van der Waals surface area contributed by atoms with Gasteiger partial charge in [0.05, 0.1) is 16.6 Å². The number of nitrogens with two attached hydrogens (primary N) is 1. The van der Waals surface area contributed by atoms with Crippen LogP contribution in [0.1, 0.15) is 16.9 Å². The van der Waals surface area contributed by atoms with Crippen LogP contribution in [0.25, 0.3) is 33.2 Å². The minimum absolute atomic E-state index is 0.103. The summed E-state index contributed by atoms with van der Waals surface area (Å²) in [6, 6.07) is 9.99. The maximum atomic E-state index is 12.8. The third kappa shape index (κ3) is 1.52. The number of nitrogens with zero attached hydrogens (tertiary/aromatic N) is 4. The first-order valence-corrected chi connectivity index (χ1v) is 7.88. The molecule has 4 aromatic rings. The number of anilines is 1. The SMILES string of the molecule is Cn1c2c(c3c(N)ncnc31)-c1cc3ccccc3n1C(=O)CC2. The lowest BCUT2D eigenvalue weighted by atomic mass is 10.1. The van der Waals surface area contributed by atoms with E-state index in [0.717, 1.165) is 38.9 Å². The van der Waals surface area contributed by atoms with Crippen molar-refractivity contribution < 1.29 is 4.79 Å². The second-order valence-corrected chi connectivity index (χ2v) is 6.16. The van der Waals surface area contributed by atoms with Crippen LogP contribution in [0.5, 0.6) is 0 Å². The molecule has 6 nitrogen and oxygen atoms in total. The number of carbonyl (C=O) groups is 1. The smallest absolute Gasteiger partial charge is 0.231 e. The molecule has 0 saturated heterocycles. The molecule has 0 fully saturated rings. The van der Waals surface area contributed by atoms with E-state index >= 15 is 0 Å². The molecule has 2 N–H and O–H groups in total. The van der Waals surface area contributed by atoms with Crippen LogP contribution in [0.2, 0.25) is 0 Å². The normalized spacial score (nSPS) is 14.0. The van der Waals surface area contributed by atoms with E-state index in [2.05, 4.69) is 16.0 Å². The first-order chi connectivity index (χ1) is 11.7. The number of aryl methyl sites for hydroxylation is 1. The third-order valence-corrected chi connectivity index (χ3v) is 4.91. The molecule has 0 unspecified atom stereocenters. The van der Waals surface area contributed by atoms with Crippen molar-refractivity contribution in [3.05, 3.63) is 42.4 Å². The molecule has 4 heterocycles. The zero-order chi connectivity index (χ0) is 16.4. The maximum Gasteiger partial charge on any atom is 0.231 e. The monoisotopic (exact) mass is 317 g/mol. The summed E-state index contributed by atoms with van der Waals surface area (Å²) in [4.78, 5) is 21.3. The maximum absolute atomic E-state index is 12.8. The Labute approximate surface area is 137 Å². The van der Waals surface area contributed by atoms with E-state index in [4.69, 9.17) is 5.73 Å². The predicted octanol–water partition coefficient (Wildman–Crippen LogP) is 2.76. The molecule has 1 aliphatic heterocycles. The van der Waals surface area contributed by atoms with Gasteiger partial charge in [-0.3, -0.25) is 9.36 Å². The van der Waals surface area contributed by atoms with E-state index < -0.39 is 0 Å². The molecule has 1 aromatic carbocycles. The molecule has 24 heavy (non-hydrogen) atoms. The lowest BCUT2D eigenvalue weighted by molar-refractivity contribution is 0.0911. The van der Waals surface area contributed by atoms with Crippen molar-refractivity contribution in [3.63, 3.8) is 0 Å². The van der Waals surface area contributed by atoms with Gasteiger partial charge in [-0.15, -0.1) is 0 Å². The van der Waals surface area contributed by atoms with Gasteiger partial charge in [0.25, 0.3) is 0 Å². The van der Waals surface area contributed by atoms with Crippen molar-refractivity contribution >= 4 is 33.7 Å². The largest absolute Gasteiger partial charge is 0.383 e. The fraction of sp³-hybridized carbons (Fsp3) is 0.167. The number of para-hydroxylation sites is 1. The summed E-state index contributed by atoms with van der Waals surface area (Å²) >= 11 is 0. The first-order valence-electron chi connectivity index (χ1n) is 7.88. The van der Waals surface area contributed by atoms with E-state index in [1.165, 1.54) is 6.33 Å². The summed E-state index contributed by atoms with van der Waals surface area (Å²) in [6.07, 6.45) is 2.60. The Morgan fingerprint density at radius 1 is 1.17 bits per heavy atom. The summed E-state index contributed by atoms with van der Waals surface area (Å²) in [5.41, 5.74) is 10.8. The number of aromatic nitrogens is 4. The molecule has 0 spiro atoms. The molecule has 0 amide bonds. The zero-order valence-electron chi connectivity index (χ0n) is 13.2. The number of nitrogen functional groups attached to an aromatic ring is 1. The first kappa shape index (κ1) is 13.3. The standard InChI is InChI=1S/C18H15N5O/c1-22-12-6-7-14(24)23-11-5-3-2-4-10(11)8-13(23)15(12)16-17(19)20-9-21-18(16)22/h2-5,8-9H,6-7H2,1H3,(H2,19,20,21). The highest BCUT2D eigenvalue weighted by molar-refractivity contribution is 6.08. The number of fused-ring (bicyclic) bond motifs is 7. The highest BCUT2D eigenvalue weighted by atomic mass is 16.2. The minimum atomic E-state index is 0.103. The van der Waals surface area contributed by atoms with Crippen molar-refractivity contribution in [2.75, 3.05) is 5.73 Å². The van der Waals surface area contributed by atoms with Gasteiger partial charge in [-0.25, -0.2) is 9.97 Å². The molecule has 1 aliphatic rings. The Hall–Kier alpha value is -3.15. The minimum Gasteiger partial charge on any atom is -0.383 e. The molecule has 0 radical (unpaired) electrons. The lowest BCUT2D eigenvalue weighted by Crippen LogP contribution is -2.10. The second-order valence-electron chi connectivity index (χ2n) is 6.16. The van der Waals surface area contributed by atoms with Crippen LogP contribution in [0.3, 0.4) is 0 Å². The fourth-order valence-electron chi connectivity index (χ4n) is 3.84. The number of rotatable bonds is 0. The quantitative estimate of drug-likeness (QED) is 0.541. The van der Waals surface area contributed by atoms with Crippen molar-refractivity contribution in [2.45, 2.75) is 12.8 Å². The Bertz CT molecular complexity index is 1150.